The molecule has 3 rings (SSSR count). The summed E-state index contributed by atoms with van der Waals surface area (Å²) in [6, 6.07) is 8.04. The van der Waals surface area contributed by atoms with Crippen molar-refractivity contribution in [1.29, 1.82) is 0 Å². The van der Waals surface area contributed by atoms with E-state index in [9.17, 15) is 14.4 Å². The van der Waals surface area contributed by atoms with Gasteiger partial charge in [-0.2, -0.15) is 0 Å². The van der Waals surface area contributed by atoms with E-state index in [4.69, 9.17) is 0 Å². The first kappa shape index (κ1) is 24.5. The molecule has 6 nitrogen and oxygen atoms in total. The van der Waals surface area contributed by atoms with Gasteiger partial charge in [-0.15, -0.1) is 0 Å². The maximum Gasteiger partial charge on any atom is 0.293 e. The van der Waals surface area contributed by atoms with Crippen molar-refractivity contribution in [2.24, 2.45) is 11.8 Å². The molecule has 2 heterocycles. The molecule has 0 aliphatic carbocycles. The molecular weight excluding hydrogens is 422 g/mol. The molecule has 0 bridgehead atoms. The Morgan fingerprint density at radius 1 is 1.12 bits per heavy atom. The SMILES string of the molecule is CC1CC(C)CN(CC(=O)NCCN2C(=O)S/C(=C/c3ccc(C(C)(C)C)cc3)C2=O)C1. The number of rotatable bonds is 6. The van der Waals surface area contributed by atoms with Crippen molar-refractivity contribution in [3.05, 3.63) is 40.3 Å². The van der Waals surface area contributed by atoms with Crippen LogP contribution in [0.2, 0.25) is 0 Å². The Labute approximate surface area is 195 Å². The van der Waals surface area contributed by atoms with Gasteiger partial charge in [0.05, 0.1) is 11.4 Å². The predicted octanol–water partition coefficient (Wildman–Crippen LogP) is 4.11. The number of nitrogens with one attached hydrogen (secondary N) is 1. The fraction of sp³-hybridized carbons (Fsp3) is 0.560. The van der Waals surface area contributed by atoms with Gasteiger partial charge in [0.15, 0.2) is 0 Å². The summed E-state index contributed by atoms with van der Waals surface area (Å²) in [4.78, 5) is 41.2. The number of likely N-dealkylation sites (tertiary alicyclic amines) is 1. The number of hydrogen-bond acceptors (Lipinski definition) is 5. The molecule has 7 heteroatoms. The van der Waals surface area contributed by atoms with Crippen molar-refractivity contribution in [3.63, 3.8) is 0 Å². The molecule has 1 aromatic rings. The van der Waals surface area contributed by atoms with Gasteiger partial charge in [-0.05, 0) is 52.6 Å². The molecule has 2 atom stereocenters. The van der Waals surface area contributed by atoms with Gasteiger partial charge in [0.1, 0.15) is 0 Å². The Bertz CT molecular complexity index is 879. The van der Waals surface area contributed by atoms with Gasteiger partial charge in [0, 0.05) is 26.2 Å². The summed E-state index contributed by atoms with van der Waals surface area (Å²) in [5, 5.41) is 2.57. The smallest absolute Gasteiger partial charge is 0.293 e. The number of benzene rings is 1. The summed E-state index contributed by atoms with van der Waals surface area (Å²) < 4.78 is 0. The molecular formula is C25H35N3O3S. The number of nitrogens with zero attached hydrogens (tertiary/aromatic N) is 2. The number of carbonyl (C=O) groups excluding carboxylic acids is 3. The van der Waals surface area contributed by atoms with Crippen molar-refractivity contribution in [3.8, 4) is 0 Å². The van der Waals surface area contributed by atoms with E-state index < -0.39 is 0 Å². The molecule has 1 aromatic carbocycles. The van der Waals surface area contributed by atoms with Crippen molar-refractivity contribution in [2.45, 2.75) is 46.5 Å². The van der Waals surface area contributed by atoms with Crippen molar-refractivity contribution < 1.29 is 14.4 Å². The van der Waals surface area contributed by atoms with Crippen LogP contribution in [-0.2, 0) is 15.0 Å². The lowest BCUT2D eigenvalue weighted by molar-refractivity contribution is -0.125. The van der Waals surface area contributed by atoms with Gasteiger partial charge in [0.2, 0.25) is 5.91 Å². The highest BCUT2D eigenvalue weighted by Crippen LogP contribution is 2.32. The van der Waals surface area contributed by atoms with Crippen LogP contribution in [-0.4, -0.2) is 59.6 Å². The van der Waals surface area contributed by atoms with E-state index in [2.05, 4.69) is 57.0 Å². The Balaban J connectivity index is 1.50. The predicted molar refractivity (Wildman–Crippen MR) is 130 cm³/mol. The highest BCUT2D eigenvalue weighted by atomic mass is 32.2. The average molecular weight is 458 g/mol. The second kappa shape index (κ2) is 10.2. The number of carbonyl (C=O) groups is 3. The first-order valence-electron chi connectivity index (χ1n) is 11.4. The second-order valence-electron chi connectivity index (χ2n) is 10.2. The van der Waals surface area contributed by atoms with E-state index in [-0.39, 0.29) is 35.6 Å². The largest absolute Gasteiger partial charge is 0.353 e. The molecule has 2 fully saturated rings. The van der Waals surface area contributed by atoms with Crippen molar-refractivity contribution in [1.82, 2.24) is 15.1 Å². The van der Waals surface area contributed by atoms with Gasteiger partial charge in [-0.3, -0.25) is 24.2 Å². The molecule has 1 N–H and O–H groups in total. The molecule has 2 unspecified atom stereocenters. The standard InChI is InChI=1S/C25H35N3O3S/c1-17-12-18(2)15-27(14-17)16-22(29)26-10-11-28-23(30)21(32-24(28)31)13-19-6-8-20(9-7-19)25(3,4)5/h6-9,13,17-18H,10-12,14-16H2,1-5H3,(H,26,29)/b21-13+. The van der Waals surface area contributed by atoms with Crippen LogP contribution in [0.4, 0.5) is 4.79 Å². The summed E-state index contributed by atoms with van der Waals surface area (Å²) in [6.45, 7) is 13.6. The topological polar surface area (TPSA) is 69.7 Å². The molecule has 3 amide bonds. The fourth-order valence-electron chi connectivity index (χ4n) is 4.41. The van der Waals surface area contributed by atoms with Crippen LogP contribution < -0.4 is 5.32 Å². The van der Waals surface area contributed by atoms with E-state index in [0.29, 0.717) is 23.3 Å². The van der Waals surface area contributed by atoms with E-state index in [1.54, 1.807) is 6.08 Å². The lowest BCUT2D eigenvalue weighted by Gasteiger charge is -2.34. The number of piperidine rings is 1. The minimum absolute atomic E-state index is 0.0608. The van der Waals surface area contributed by atoms with Crippen LogP contribution >= 0.6 is 11.8 Å². The van der Waals surface area contributed by atoms with E-state index in [0.717, 1.165) is 30.4 Å². The molecule has 2 aliphatic heterocycles. The van der Waals surface area contributed by atoms with Gasteiger partial charge in [-0.25, -0.2) is 0 Å². The third-order valence-corrected chi connectivity index (χ3v) is 6.82. The lowest BCUT2D eigenvalue weighted by Crippen LogP contribution is -2.46. The summed E-state index contributed by atoms with van der Waals surface area (Å²) in [5.74, 6) is 0.831. The average Bonchev–Trinajstić information content (AvgIpc) is 2.94. The summed E-state index contributed by atoms with van der Waals surface area (Å²) in [6.07, 6.45) is 2.96. The minimum atomic E-state index is -0.298. The zero-order valence-corrected chi connectivity index (χ0v) is 20.6. The number of hydrogen-bond donors (Lipinski definition) is 1. The monoisotopic (exact) mass is 457 g/mol. The quantitative estimate of drug-likeness (QED) is 0.651. The third-order valence-electron chi connectivity index (χ3n) is 5.92. The van der Waals surface area contributed by atoms with E-state index >= 15 is 0 Å². The minimum Gasteiger partial charge on any atom is -0.353 e. The Hall–Kier alpha value is -2.12. The zero-order valence-electron chi connectivity index (χ0n) is 19.8. The highest BCUT2D eigenvalue weighted by Gasteiger charge is 2.34. The summed E-state index contributed by atoms with van der Waals surface area (Å²) in [7, 11) is 0. The Kier molecular flexibility index (Phi) is 7.83. The van der Waals surface area contributed by atoms with Gasteiger partial charge >= 0.3 is 0 Å². The number of imide groups is 1. The molecule has 32 heavy (non-hydrogen) atoms. The Morgan fingerprint density at radius 2 is 1.75 bits per heavy atom. The molecule has 2 aliphatic rings. The van der Waals surface area contributed by atoms with Gasteiger partial charge < -0.3 is 5.32 Å². The molecule has 0 spiro atoms. The molecule has 0 aromatic heterocycles. The van der Waals surface area contributed by atoms with Crippen molar-refractivity contribution in [2.75, 3.05) is 32.7 Å². The first-order valence-corrected chi connectivity index (χ1v) is 12.2. The maximum absolute atomic E-state index is 12.7. The lowest BCUT2D eigenvalue weighted by atomic mass is 9.87. The normalized spacial score (nSPS) is 23.8. The Morgan fingerprint density at radius 3 is 2.34 bits per heavy atom. The third kappa shape index (κ3) is 6.45. The van der Waals surface area contributed by atoms with Gasteiger partial charge in [-0.1, -0.05) is 58.9 Å². The van der Waals surface area contributed by atoms with Gasteiger partial charge in [0.25, 0.3) is 11.1 Å². The zero-order chi connectivity index (χ0) is 23.5. The van der Waals surface area contributed by atoms with Crippen LogP contribution in [0.1, 0.15) is 52.2 Å². The van der Waals surface area contributed by atoms with Crippen LogP contribution in [0, 0.1) is 11.8 Å². The molecule has 0 radical (unpaired) electrons. The van der Waals surface area contributed by atoms with Crippen LogP contribution in [0.3, 0.4) is 0 Å². The summed E-state index contributed by atoms with van der Waals surface area (Å²) in [5.41, 5.74) is 2.17. The van der Waals surface area contributed by atoms with Crippen LogP contribution in [0.5, 0.6) is 0 Å². The molecule has 174 valence electrons. The first-order chi connectivity index (χ1) is 15.0. The second-order valence-corrected chi connectivity index (χ2v) is 11.2. The van der Waals surface area contributed by atoms with Crippen molar-refractivity contribution >= 4 is 34.9 Å². The number of thioether (sulfide) groups is 1. The van der Waals surface area contributed by atoms with E-state index in [1.165, 1.54) is 16.9 Å². The highest BCUT2D eigenvalue weighted by molar-refractivity contribution is 8.18. The van der Waals surface area contributed by atoms with E-state index in [1.807, 2.05) is 12.1 Å². The van der Waals surface area contributed by atoms with Crippen LogP contribution in [0.15, 0.2) is 29.2 Å². The number of amides is 3. The molecule has 2 saturated heterocycles. The summed E-state index contributed by atoms with van der Waals surface area (Å²) >= 11 is 0.952. The van der Waals surface area contributed by atoms with Crippen LogP contribution in [0.25, 0.3) is 6.08 Å². The fourth-order valence-corrected chi connectivity index (χ4v) is 5.28. The maximum atomic E-state index is 12.7. The molecule has 0 saturated carbocycles.